The molecular formula is C21H26O5. The first kappa shape index (κ1) is 19.8. The van der Waals surface area contributed by atoms with Crippen molar-refractivity contribution in [2.24, 2.45) is 5.92 Å². The number of phenolic OH excluding ortho intramolecular Hbond substituents is 2. The SMILES string of the molecule is CC(=CCCC1=CC(c2cc(O)ccc2O)OC1=O)CCC(=O)C(C)C. The van der Waals surface area contributed by atoms with Gasteiger partial charge in [0.1, 0.15) is 23.4 Å². The second kappa shape index (κ2) is 8.70. The van der Waals surface area contributed by atoms with E-state index >= 15 is 0 Å². The zero-order chi connectivity index (χ0) is 19.3. The molecule has 0 fully saturated rings. The van der Waals surface area contributed by atoms with Crippen molar-refractivity contribution in [1.82, 2.24) is 0 Å². The number of ketones is 1. The molecule has 1 atom stereocenters. The number of aromatic hydroxyl groups is 2. The molecule has 1 aromatic carbocycles. The van der Waals surface area contributed by atoms with Crippen molar-refractivity contribution in [3.05, 3.63) is 47.1 Å². The maximum atomic E-state index is 12.0. The van der Waals surface area contributed by atoms with Gasteiger partial charge in [-0.25, -0.2) is 4.79 Å². The van der Waals surface area contributed by atoms with E-state index in [-0.39, 0.29) is 23.2 Å². The van der Waals surface area contributed by atoms with Gasteiger partial charge in [-0.05, 0) is 50.5 Å². The highest BCUT2D eigenvalue weighted by Gasteiger charge is 2.28. The second-order valence-corrected chi connectivity index (χ2v) is 6.97. The molecule has 1 aromatic rings. The molecule has 0 spiro atoms. The molecule has 1 unspecified atom stereocenters. The Labute approximate surface area is 154 Å². The fourth-order valence-electron chi connectivity index (χ4n) is 2.77. The van der Waals surface area contributed by atoms with Crippen LogP contribution in [0.25, 0.3) is 0 Å². The van der Waals surface area contributed by atoms with Gasteiger partial charge in [-0.15, -0.1) is 0 Å². The summed E-state index contributed by atoms with van der Waals surface area (Å²) in [5.74, 6) is -0.103. The summed E-state index contributed by atoms with van der Waals surface area (Å²) in [7, 11) is 0. The Morgan fingerprint density at radius 2 is 2.00 bits per heavy atom. The molecule has 5 heteroatoms. The van der Waals surface area contributed by atoms with Crippen molar-refractivity contribution in [1.29, 1.82) is 0 Å². The van der Waals surface area contributed by atoms with Crippen molar-refractivity contribution < 1.29 is 24.5 Å². The number of phenols is 2. The van der Waals surface area contributed by atoms with Crippen LogP contribution in [0, 0.1) is 5.92 Å². The number of cyclic esters (lactones) is 1. The topological polar surface area (TPSA) is 83.8 Å². The number of benzene rings is 1. The highest BCUT2D eigenvalue weighted by Crippen LogP contribution is 2.36. The van der Waals surface area contributed by atoms with E-state index in [1.54, 1.807) is 6.08 Å². The largest absolute Gasteiger partial charge is 0.508 e. The number of carbonyl (C=O) groups is 2. The number of esters is 1. The zero-order valence-electron chi connectivity index (χ0n) is 15.5. The molecule has 0 amide bonds. The molecule has 0 aromatic heterocycles. The minimum absolute atomic E-state index is 0.00482. The maximum absolute atomic E-state index is 12.0. The quantitative estimate of drug-likeness (QED) is 0.410. The lowest BCUT2D eigenvalue weighted by atomic mass is 10.0. The Kier molecular flexibility index (Phi) is 6.61. The molecule has 26 heavy (non-hydrogen) atoms. The molecule has 0 bridgehead atoms. The number of Topliss-reactive ketones (excluding diaryl/α,β-unsaturated/α-hetero) is 1. The summed E-state index contributed by atoms with van der Waals surface area (Å²) < 4.78 is 5.29. The van der Waals surface area contributed by atoms with Gasteiger partial charge in [0.2, 0.25) is 0 Å². The summed E-state index contributed by atoms with van der Waals surface area (Å²) >= 11 is 0. The normalized spacial score (nSPS) is 17.4. The molecule has 2 rings (SSSR count). The van der Waals surface area contributed by atoms with Crippen molar-refractivity contribution in [3.8, 4) is 11.5 Å². The van der Waals surface area contributed by atoms with E-state index in [2.05, 4.69) is 0 Å². The van der Waals surface area contributed by atoms with Crippen LogP contribution >= 0.6 is 0 Å². The molecule has 5 nitrogen and oxygen atoms in total. The van der Waals surface area contributed by atoms with E-state index in [4.69, 9.17) is 4.74 Å². The summed E-state index contributed by atoms with van der Waals surface area (Å²) in [6.07, 6.45) is 5.54. The molecule has 0 radical (unpaired) electrons. The zero-order valence-corrected chi connectivity index (χ0v) is 15.5. The average molecular weight is 358 g/mol. The molecule has 0 saturated heterocycles. The molecule has 0 saturated carbocycles. The van der Waals surface area contributed by atoms with E-state index in [1.165, 1.54) is 18.2 Å². The number of carbonyl (C=O) groups excluding carboxylic acids is 2. The van der Waals surface area contributed by atoms with E-state index in [1.807, 2.05) is 26.8 Å². The van der Waals surface area contributed by atoms with E-state index in [0.717, 1.165) is 12.0 Å². The third kappa shape index (κ3) is 5.22. The molecule has 1 aliphatic rings. The standard InChI is InChI=1S/C21H26O5/c1-13(2)18(23)9-7-14(3)5-4-6-15-11-20(26-21(15)25)17-12-16(22)8-10-19(17)24/h5,8,10-13,20,22,24H,4,6-7,9H2,1-3H3. The van der Waals surface area contributed by atoms with Crippen LogP contribution in [-0.4, -0.2) is 22.0 Å². The Morgan fingerprint density at radius 3 is 2.69 bits per heavy atom. The first-order chi connectivity index (χ1) is 12.3. The van der Waals surface area contributed by atoms with Gasteiger partial charge in [0.05, 0.1) is 0 Å². The number of rotatable bonds is 8. The van der Waals surface area contributed by atoms with Crippen LogP contribution in [0.15, 0.2) is 41.5 Å². The van der Waals surface area contributed by atoms with Crippen molar-refractivity contribution in [3.63, 3.8) is 0 Å². The van der Waals surface area contributed by atoms with Gasteiger partial charge >= 0.3 is 5.97 Å². The summed E-state index contributed by atoms with van der Waals surface area (Å²) in [6, 6.07) is 4.13. The van der Waals surface area contributed by atoms with Crippen LogP contribution in [0.3, 0.4) is 0 Å². The highest BCUT2D eigenvalue weighted by molar-refractivity contribution is 5.91. The van der Waals surface area contributed by atoms with Crippen LogP contribution in [0.5, 0.6) is 11.5 Å². The molecule has 1 heterocycles. The lowest BCUT2D eigenvalue weighted by Gasteiger charge is -2.10. The van der Waals surface area contributed by atoms with Gasteiger partial charge in [-0.1, -0.05) is 25.5 Å². The maximum Gasteiger partial charge on any atom is 0.334 e. The number of hydrogen-bond donors (Lipinski definition) is 2. The van der Waals surface area contributed by atoms with Crippen LogP contribution in [0.1, 0.15) is 58.1 Å². The molecule has 140 valence electrons. The third-order valence-electron chi connectivity index (χ3n) is 4.48. The van der Waals surface area contributed by atoms with E-state index in [0.29, 0.717) is 30.4 Å². The van der Waals surface area contributed by atoms with E-state index in [9.17, 15) is 19.8 Å². The van der Waals surface area contributed by atoms with Gasteiger partial charge in [-0.3, -0.25) is 4.79 Å². The fraction of sp³-hybridized carbons (Fsp3) is 0.429. The Hall–Kier alpha value is -2.56. The molecule has 2 N–H and O–H groups in total. The monoisotopic (exact) mass is 358 g/mol. The van der Waals surface area contributed by atoms with Crippen LogP contribution in [0.4, 0.5) is 0 Å². The summed E-state index contributed by atoms with van der Waals surface area (Å²) in [4.78, 5) is 23.7. The number of allylic oxidation sites excluding steroid dienone is 2. The van der Waals surface area contributed by atoms with E-state index < -0.39 is 12.1 Å². The number of ether oxygens (including phenoxy) is 1. The van der Waals surface area contributed by atoms with Gasteiger partial charge in [0.25, 0.3) is 0 Å². The first-order valence-electron chi connectivity index (χ1n) is 8.89. The molecule has 0 aliphatic carbocycles. The lowest BCUT2D eigenvalue weighted by Crippen LogP contribution is -2.06. The second-order valence-electron chi connectivity index (χ2n) is 6.97. The van der Waals surface area contributed by atoms with Crippen molar-refractivity contribution in [2.75, 3.05) is 0 Å². The van der Waals surface area contributed by atoms with Gasteiger partial charge in [0, 0.05) is 23.5 Å². The fourth-order valence-corrected chi connectivity index (χ4v) is 2.77. The average Bonchev–Trinajstić information content (AvgIpc) is 2.95. The summed E-state index contributed by atoms with van der Waals surface area (Å²) in [6.45, 7) is 5.79. The third-order valence-corrected chi connectivity index (χ3v) is 4.48. The lowest BCUT2D eigenvalue weighted by molar-refractivity contribution is -0.140. The van der Waals surface area contributed by atoms with Crippen LogP contribution in [-0.2, 0) is 14.3 Å². The van der Waals surface area contributed by atoms with Gasteiger partial charge in [0.15, 0.2) is 0 Å². The summed E-state index contributed by atoms with van der Waals surface area (Å²) in [5, 5.41) is 19.4. The minimum atomic E-state index is -0.682. The van der Waals surface area contributed by atoms with Crippen LogP contribution < -0.4 is 0 Å². The minimum Gasteiger partial charge on any atom is -0.508 e. The Bertz CT molecular complexity index is 743. The predicted octanol–water partition coefficient (Wildman–Crippen LogP) is 4.35. The summed E-state index contributed by atoms with van der Waals surface area (Å²) in [5.41, 5.74) is 2.06. The number of hydrogen-bond acceptors (Lipinski definition) is 5. The van der Waals surface area contributed by atoms with Gasteiger partial charge in [-0.2, -0.15) is 0 Å². The Balaban J connectivity index is 1.93. The predicted molar refractivity (Wildman–Crippen MR) is 98.8 cm³/mol. The molecular weight excluding hydrogens is 332 g/mol. The first-order valence-corrected chi connectivity index (χ1v) is 8.89. The van der Waals surface area contributed by atoms with Gasteiger partial charge < -0.3 is 14.9 Å². The highest BCUT2D eigenvalue weighted by atomic mass is 16.5. The van der Waals surface area contributed by atoms with Crippen molar-refractivity contribution >= 4 is 11.8 Å². The molecule has 1 aliphatic heterocycles. The smallest absolute Gasteiger partial charge is 0.334 e. The van der Waals surface area contributed by atoms with Crippen molar-refractivity contribution in [2.45, 2.75) is 52.6 Å². The van der Waals surface area contributed by atoms with Crippen LogP contribution in [0.2, 0.25) is 0 Å². The Morgan fingerprint density at radius 1 is 1.27 bits per heavy atom.